The first-order chi connectivity index (χ1) is 18.2. The van der Waals surface area contributed by atoms with Gasteiger partial charge in [-0.2, -0.15) is 0 Å². The quantitative estimate of drug-likeness (QED) is 0.545. The molecule has 5 rings (SSSR count). The van der Waals surface area contributed by atoms with Gasteiger partial charge in [0.15, 0.2) is 0 Å². The molecule has 0 unspecified atom stereocenters. The van der Waals surface area contributed by atoms with Gasteiger partial charge in [-0.05, 0) is 50.7 Å². The van der Waals surface area contributed by atoms with Crippen LogP contribution in [0.15, 0.2) is 54.6 Å². The van der Waals surface area contributed by atoms with Gasteiger partial charge in [-0.15, -0.1) is 0 Å². The third kappa shape index (κ3) is 5.68. The van der Waals surface area contributed by atoms with E-state index in [-0.39, 0.29) is 48.1 Å². The third-order valence-corrected chi connectivity index (χ3v) is 8.22. The van der Waals surface area contributed by atoms with Gasteiger partial charge in [0.2, 0.25) is 5.91 Å². The zero-order chi connectivity index (χ0) is 26.9. The van der Waals surface area contributed by atoms with Crippen molar-refractivity contribution >= 4 is 12.0 Å². The molecule has 38 heavy (non-hydrogen) atoms. The molecule has 2 saturated heterocycles. The van der Waals surface area contributed by atoms with Crippen LogP contribution in [0.4, 0.5) is 4.79 Å². The zero-order valence-corrected chi connectivity index (χ0v) is 22.9. The number of hydrogen-bond donors (Lipinski definition) is 1. The first-order valence-corrected chi connectivity index (χ1v) is 13.9. The number of likely N-dealkylation sites (tertiary alicyclic amines) is 1. The molecule has 2 aromatic rings. The van der Waals surface area contributed by atoms with Gasteiger partial charge in [0.05, 0.1) is 12.2 Å². The van der Waals surface area contributed by atoms with Crippen molar-refractivity contribution in [2.24, 2.45) is 17.8 Å². The van der Waals surface area contributed by atoms with Gasteiger partial charge < -0.3 is 24.4 Å². The number of fused-ring (bicyclic) bond motifs is 4. The second-order valence-electron chi connectivity index (χ2n) is 11.9. The van der Waals surface area contributed by atoms with E-state index in [2.05, 4.69) is 39.1 Å². The van der Waals surface area contributed by atoms with Gasteiger partial charge in [0, 0.05) is 30.5 Å². The molecule has 0 aromatic heterocycles. The smallest absolute Gasteiger partial charge is 0.408 e. The summed E-state index contributed by atoms with van der Waals surface area (Å²) in [6.45, 7) is 9.81. The largest absolute Gasteiger partial charge is 0.487 e. The topological polar surface area (TPSA) is 77.1 Å². The van der Waals surface area contributed by atoms with E-state index in [9.17, 15) is 9.59 Å². The molecule has 1 N–H and O–H groups in total. The number of benzene rings is 2. The first kappa shape index (κ1) is 26.5. The summed E-state index contributed by atoms with van der Waals surface area (Å²) < 4.78 is 18.6. The highest BCUT2D eigenvalue weighted by atomic mass is 16.5. The Morgan fingerprint density at radius 2 is 1.84 bits per heavy atom. The minimum Gasteiger partial charge on any atom is -0.487 e. The molecule has 0 bridgehead atoms. The SMILES string of the molecule is CC(C)C[C@H](NC(=O)OCc1ccccc1)C(=O)N1CC[C@H]2O[C@H]3c4ccccc4OC(C)(C)[C@@H]3C[C@H]2C1. The third-order valence-electron chi connectivity index (χ3n) is 8.22. The standard InChI is InChI=1S/C31H40N2O5/c1-20(2)16-25(32-30(35)36-19-21-10-6-5-7-11-21)29(34)33-15-14-26-22(18-33)17-24-28(37-26)23-12-8-9-13-27(23)38-31(24,3)4/h5-13,20,22,24-26,28H,14-19H2,1-4H3,(H,32,35)/t22-,24+,25-,26+,28-/m0/s1. The van der Waals surface area contributed by atoms with Crippen molar-refractivity contribution < 1.29 is 23.8 Å². The lowest BCUT2D eigenvalue weighted by Crippen LogP contribution is -2.58. The monoisotopic (exact) mass is 520 g/mol. The fraction of sp³-hybridized carbons (Fsp3) is 0.548. The van der Waals surface area contributed by atoms with Gasteiger partial charge in [-0.1, -0.05) is 62.4 Å². The van der Waals surface area contributed by atoms with Crippen molar-refractivity contribution in [2.75, 3.05) is 13.1 Å². The van der Waals surface area contributed by atoms with Crippen LogP contribution in [-0.2, 0) is 20.9 Å². The van der Waals surface area contributed by atoms with Crippen molar-refractivity contribution in [3.63, 3.8) is 0 Å². The maximum Gasteiger partial charge on any atom is 0.408 e. The Morgan fingerprint density at radius 3 is 2.61 bits per heavy atom. The average Bonchev–Trinajstić information content (AvgIpc) is 2.90. The number of carbonyl (C=O) groups is 2. The molecule has 7 nitrogen and oxygen atoms in total. The van der Waals surface area contributed by atoms with Gasteiger partial charge in [0.25, 0.3) is 0 Å². The van der Waals surface area contributed by atoms with E-state index in [1.54, 1.807) is 0 Å². The summed E-state index contributed by atoms with van der Waals surface area (Å²) in [5.41, 5.74) is 1.67. The molecule has 0 radical (unpaired) electrons. The van der Waals surface area contributed by atoms with Crippen LogP contribution < -0.4 is 10.1 Å². The molecular formula is C31H40N2O5. The molecule has 3 heterocycles. The minimum atomic E-state index is -0.617. The van der Waals surface area contributed by atoms with Crippen molar-refractivity contribution in [1.82, 2.24) is 10.2 Å². The van der Waals surface area contributed by atoms with Crippen LogP contribution in [0.5, 0.6) is 5.75 Å². The van der Waals surface area contributed by atoms with Crippen LogP contribution in [-0.4, -0.2) is 47.7 Å². The predicted molar refractivity (Wildman–Crippen MR) is 145 cm³/mol. The van der Waals surface area contributed by atoms with E-state index in [0.29, 0.717) is 19.5 Å². The van der Waals surface area contributed by atoms with E-state index in [0.717, 1.165) is 29.7 Å². The van der Waals surface area contributed by atoms with E-state index in [4.69, 9.17) is 14.2 Å². The number of para-hydroxylation sites is 1. The summed E-state index contributed by atoms with van der Waals surface area (Å²) in [5, 5.41) is 2.85. The van der Waals surface area contributed by atoms with Crippen LogP contribution in [0.2, 0.25) is 0 Å². The van der Waals surface area contributed by atoms with Crippen molar-refractivity contribution in [3.05, 3.63) is 65.7 Å². The van der Waals surface area contributed by atoms with Crippen LogP contribution in [0.3, 0.4) is 0 Å². The Labute approximate surface area is 225 Å². The fourth-order valence-electron chi connectivity index (χ4n) is 6.28. The highest BCUT2D eigenvalue weighted by Crippen LogP contribution is 2.52. The molecule has 0 spiro atoms. The van der Waals surface area contributed by atoms with Gasteiger partial charge in [-0.25, -0.2) is 4.79 Å². The predicted octanol–water partition coefficient (Wildman–Crippen LogP) is 5.49. The Kier molecular flexibility index (Phi) is 7.66. The highest BCUT2D eigenvalue weighted by molar-refractivity contribution is 5.85. The van der Waals surface area contributed by atoms with E-state index in [1.165, 1.54) is 0 Å². The highest BCUT2D eigenvalue weighted by Gasteiger charge is 2.51. The molecule has 3 aliphatic rings. The second-order valence-corrected chi connectivity index (χ2v) is 11.9. The Hall–Kier alpha value is -3.06. The van der Waals surface area contributed by atoms with Crippen molar-refractivity contribution in [3.8, 4) is 5.75 Å². The zero-order valence-electron chi connectivity index (χ0n) is 22.9. The van der Waals surface area contributed by atoms with E-state index >= 15 is 0 Å². The summed E-state index contributed by atoms with van der Waals surface area (Å²) in [6.07, 6.45) is 1.83. The number of nitrogens with zero attached hydrogens (tertiary/aromatic N) is 1. The Morgan fingerprint density at radius 1 is 1.11 bits per heavy atom. The van der Waals surface area contributed by atoms with E-state index in [1.807, 2.05) is 53.4 Å². The number of hydrogen-bond acceptors (Lipinski definition) is 5. The van der Waals surface area contributed by atoms with E-state index < -0.39 is 12.1 Å². The number of amides is 2. The van der Waals surface area contributed by atoms with Crippen molar-refractivity contribution in [1.29, 1.82) is 0 Å². The maximum absolute atomic E-state index is 13.7. The Bertz CT molecular complexity index is 1130. The van der Waals surface area contributed by atoms with Gasteiger partial charge in [0.1, 0.15) is 24.0 Å². The first-order valence-electron chi connectivity index (χ1n) is 13.9. The molecule has 0 aliphatic carbocycles. The van der Waals surface area contributed by atoms with Gasteiger partial charge >= 0.3 is 6.09 Å². The number of piperidine rings is 1. The summed E-state index contributed by atoms with van der Waals surface area (Å²) in [5.74, 6) is 1.54. The van der Waals surface area contributed by atoms with Crippen LogP contribution >= 0.6 is 0 Å². The molecule has 7 heteroatoms. The molecular weight excluding hydrogens is 480 g/mol. The second kappa shape index (κ2) is 11.0. The number of rotatable bonds is 6. The molecule has 2 fully saturated rings. The molecule has 0 saturated carbocycles. The lowest BCUT2D eigenvalue weighted by Gasteiger charge is -2.53. The summed E-state index contributed by atoms with van der Waals surface area (Å²) >= 11 is 0. The lowest BCUT2D eigenvalue weighted by molar-refractivity contribution is -0.189. The molecule has 3 aliphatic heterocycles. The number of ether oxygens (including phenoxy) is 3. The molecule has 204 valence electrons. The average molecular weight is 521 g/mol. The lowest BCUT2D eigenvalue weighted by atomic mass is 9.70. The van der Waals surface area contributed by atoms with Gasteiger partial charge in [-0.3, -0.25) is 4.79 Å². The molecule has 2 amide bonds. The van der Waals surface area contributed by atoms with Crippen LogP contribution in [0.25, 0.3) is 0 Å². The summed E-state index contributed by atoms with van der Waals surface area (Å²) in [7, 11) is 0. The Balaban J connectivity index is 1.24. The molecule has 5 atom stereocenters. The number of carbonyl (C=O) groups excluding carboxylic acids is 2. The maximum atomic E-state index is 13.7. The minimum absolute atomic E-state index is 0.00759. The number of alkyl carbamates (subject to hydrolysis) is 1. The van der Waals surface area contributed by atoms with Crippen molar-refractivity contribution in [2.45, 2.75) is 77.4 Å². The van der Waals surface area contributed by atoms with Crippen LogP contribution in [0.1, 0.15) is 64.2 Å². The fourth-order valence-corrected chi connectivity index (χ4v) is 6.28. The molecule has 2 aromatic carbocycles. The normalized spacial score (nSPS) is 26.3. The number of nitrogens with one attached hydrogen (secondary N) is 1. The van der Waals surface area contributed by atoms with Crippen LogP contribution in [0, 0.1) is 17.8 Å². The summed E-state index contributed by atoms with van der Waals surface area (Å²) in [6, 6.07) is 17.1. The summed E-state index contributed by atoms with van der Waals surface area (Å²) in [4.78, 5) is 28.2.